The van der Waals surface area contributed by atoms with Gasteiger partial charge in [0.1, 0.15) is 0 Å². The number of nitrogens with one attached hydrogen (secondary N) is 1. The van der Waals surface area contributed by atoms with Gasteiger partial charge in [-0.25, -0.2) is 4.79 Å². The minimum absolute atomic E-state index is 0.357. The van der Waals surface area contributed by atoms with Gasteiger partial charge >= 0.3 is 5.97 Å². The van der Waals surface area contributed by atoms with E-state index in [9.17, 15) is 9.90 Å². The predicted octanol–water partition coefficient (Wildman–Crippen LogP) is 4.99. The number of benzene rings is 2. The maximum absolute atomic E-state index is 12.0. The molecule has 146 valence electrons. The van der Waals surface area contributed by atoms with Gasteiger partial charge in [-0.2, -0.15) is 0 Å². The zero-order valence-corrected chi connectivity index (χ0v) is 17.0. The van der Waals surface area contributed by atoms with Gasteiger partial charge in [-0.3, -0.25) is 0 Å². The Morgan fingerprint density at radius 1 is 1.00 bits per heavy atom. The molecule has 0 bridgehead atoms. The van der Waals surface area contributed by atoms with Crippen LogP contribution in [-0.2, 0) is 6.54 Å². The minimum atomic E-state index is -0.876. The van der Waals surface area contributed by atoms with Crippen LogP contribution in [0.4, 0.5) is 0 Å². The zero-order valence-electron chi connectivity index (χ0n) is 17.0. The second-order valence-electron chi connectivity index (χ2n) is 7.44. The van der Waals surface area contributed by atoms with Gasteiger partial charge in [0.15, 0.2) is 0 Å². The van der Waals surface area contributed by atoms with Gasteiger partial charge in [-0.1, -0.05) is 55.0 Å². The molecule has 0 aliphatic rings. The molecule has 0 radical (unpaired) electrons. The predicted molar refractivity (Wildman–Crippen MR) is 114 cm³/mol. The highest BCUT2D eigenvalue weighted by atomic mass is 16.4. The molecular weight excluding hydrogens is 348 g/mol. The maximum Gasteiger partial charge on any atom is 0.337 e. The minimum Gasteiger partial charge on any atom is -0.478 e. The number of aromatic nitrogens is 1. The molecule has 2 aromatic carbocycles. The Hall–Kier alpha value is -2.85. The molecule has 4 nitrogen and oxygen atoms in total. The highest BCUT2D eigenvalue weighted by Crippen LogP contribution is 2.27. The third-order valence-electron chi connectivity index (χ3n) is 5.40. The van der Waals surface area contributed by atoms with Gasteiger partial charge in [0.25, 0.3) is 0 Å². The summed E-state index contributed by atoms with van der Waals surface area (Å²) in [6.45, 7) is 9.42. The van der Waals surface area contributed by atoms with Crippen molar-refractivity contribution in [2.75, 3.05) is 6.54 Å². The van der Waals surface area contributed by atoms with Crippen molar-refractivity contribution in [1.82, 2.24) is 9.88 Å². The number of carbonyl (C=O) groups is 1. The number of carboxylic acids is 1. The van der Waals surface area contributed by atoms with Crippen LogP contribution in [0.15, 0.2) is 54.6 Å². The summed E-state index contributed by atoms with van der Waals surface area (Å²) in [5, 5.41) is 13.3. The molecule has 0 fully saturated rings. The molecule has 3 rings (SSSR count). The van der Waals surface area contributed by atoms with Gasteiger partial charge in [0.2, 0.25) is 0 Å². The monoisotopic (exact) mass is 376 g/mol. The van der Waals surface area contributed by atoms with Crippen molar-refractivity contribution in [3.05, 3.63) is 88.2 Å². The second kappa shape index (κ2) is 8.44. The molecular formula is C24H28N2O2. The first-order chi connectivity index (χ1) is 13.4. The van der Waals surface area contributed by atoms with E-state index in [-0.39, 0.29) is 0 Å². The molecule has 0 aliphatic heterocycles. The molecule has 0 saturated heterocycles. The first kappa shape index (κ1) is 19.9. The highest BCUT2D eigenvalue weighted by molar-refractivity contribution is 5.91. The van der Waals surface area contributed by atoms with Crippen LogP contribution in [0.3, 0.4) is 0 Å². The molecule has 1 aromatic heterocycles. The lowest BCUT2D eigenvalue weighted by Crippen LogP contribution is -2.21. The van der Waals surface area contributed by atoms with Crippen LogP contribution in [0.1, 0.15) is 51.3 Å². The van der Waals surface area contributed by atoms with Gasteiger partial charge < -0.3 is 15.0 Å². The van der Waals surface area contributed by atoms with E-state index in [1.165, 1.54) is 11.1 Å². The van der Waals surface area contributed by atoms with Crippen molar-refractivity contribution in [3.63, 3.8) is 0 Å². The van der Waals surface area contributed by atoms with Crippen molar-refractivity contribution in [3.8, 4) is 5.69 Å². The van der Waals surface area contributed by atoms with Crippen LogP contribution < -0.4 is 5.32 Å². The summed E-state index contributed by atoms with van der Waals surface area (Å²) in [6.07, 6.45) is 0. The average Bonchev–Trinajstić information content (AvgIpc) is 2.93. The van der Waals surface area contributed by atoms with Crippen LogP contribution in [0.2, 0.25) is 0 Å². The van der Waals surface area contributed by atoms with Gasteiger partial charge in [0.05, 0.1) is 5.56 Å². The Bertz CT molecular complexity index is 957. The smallest absolute Gasteiger partial charge is 0.337 e. The molecule has 1 heterocycles. The van der Waals surface area contributed by atoms with Gasteiger partial charge in [-0.05, 0) is 44.4 Å². The molecule has 3 aromatic rings. The molecule has 28 heavy (non-hydrogen) atoms. The van der Waals surface area contributed by atoms with E-state index in [4.69, 9.17) is 0 Å². The molecule has 0 unspecified atom stereocenters. The third kappa shape index (κ3) is 4.02. The summed E-state index contributed by atoms with van der Waals surface area (Å²) in [4.78, 5) is 12.0. The lowest BCUT2D eigenvalue weighted by Gasteiger charge is -2.14. The molecule has 0 aliphatic carbocycles. The number of rotatable bonds is 7. The van der Waals surface area contributed by atoms with Crippen molar-refractivity contribution in [2.45, 2.75) is 40.2 Å². The van der Waals surface area contributed by atoms with Crippen LogP contribution in [0, 0.1) is 20.8 Å². The van der Waals surface area contributed by atoms with E-state index >= 15 is 0 Å². The Morgan fingerprint density at radius 2 is 1.64 bits per heavy atom. The first-order valence-electron chi connectivity index (χ1n) is 9.67. The Kier molecular flexibility index (Phi) is 6.00. The van der Waals surface area contributed by atoms with E-state index in [0.29, 0.717) is 18.0 Å². The summed E-state index contributed by atoms with van der Waals surface area (Å²) >= 11 is 0. The summed E-state index contributed by atoms with van der Waals surface area (Å²) < 4.78 is 2.04. The molecule has 1 atom stereocenters. The second-order valence-corrected chi connectivity index (χ2v) is 7.44. The molecule has 4 heteroatoms. The fourth-order valence-electron chi connectivity index (χ4n) is 3.79. The van der Waals surface area contributed by atoms with Crippen LogP contribution >= 0.6 is 0 Å². The van der Waals surface area contributed by atoms with E-state index in [0.717, 1.165) is 29.2 Å². The summed E-state index contributed by atoms with van der Waals surface area (Å²) in [7, 11) is 0. The summed E-state index contributed by atoms with van der Waals surface area (Å²) in [6, 6.07) is 18.5. The third-order valence-corrected chi connectivity index (χ3v) is 5.40. The van der Waals surface area contributed by atoms with E-state index in [1.807, 2.05) is 67.8 Å². The number of nitrogens with zero attached hydrogens (tertiary/aromatic N) is 1. The van der Waals surface area contributed by atoms with E-state index in [1.54, 1.807) is 0 Å². The maximum atomic E-state index is 12.0. The largest absolute Gasteiger partial charge is 0.478 e. The van der Waals surface area contributed by atoms with E-state index < -0.39 is 5.97 Å². The van der Waals surface area contributed by atoms with Gasteiger partial charge in [0, 0.05) is 35.7 Å². The topological polar surface area (TPSA) is 54.3 Å². The fourth-order valence-corrected chi connectivity index (χ4v) is 3.79. The summed E-state index contributed by atoms with van der Waals surface area (Å²) in [5.41, 5.74) is 6.44. The first-order valence-corrected chi connectivity index (χ1v) is 9.67. The molecule has 0 spiro atoms. The van der Waals surface area contributed by atoms with Crippen LogP contribution in [-0.4, -0.2) is 22.2 Å². The lowest BCUT2D eigenvalue weighted by atomic mass is 10.0. The zero-order chi connectivity index (χ0) is 20.3. The Morgan fingerprint density at radius 3 is 2.25 bits per heavy atom. The molecule has 0 amide bonds. The van der Waals surface area contributed by atoms with Crippen molar-refractivity contribution >= 4 is 5.97 Å². The van der Waals surface area contributed by atoms with Crippen molar-refractivity contribution in [2.24, 2.45) is 0 Å². The SMILES string of the molecule is Cc1ccc(-n2c(C)c(CNC[C@@H](C)c3ccccc3)c(C(=O)O)c2C)cc1. The molecule has 0 saturated carbocycles. The van der Waals surface area contributed by atoms with Crippen molar-refractivity contribution in [1.29, 1.82) is 0 Å². The van der Waals surface area contributed by atoms with Crippen molar-refractivity contribution < 1.29 is 9.90 Å². The highest BCUT2D eigenvalue weighted by Gasteiger charge is 2.23. The number of carboxylic acid groups (broad SMARTS) is 1. The van der Waals surface area contributed by atoms with E-state index in [2.05, 4.69) is 24.4 Å². The number of hydrogen-bond acceptors (Lipinski definition) is 2. The molecule has 2 N–H and O–H groups in total. The fraction of sp³-hybridized carbons (Fsp3) is 0.292. The van der Waals surface area contributed by atoms with Crippen LogP contribution in [0.25, 0.3) is 5.69 Å². The quantitative estimate of drug-likeness (QED) is 0.610. The number of aromatic carboxylic acids is 1. The number of hydrogen-bond donors (Lipinski definition) is 2. The number of aryl methyl sites for hydroxylation is 1. The van der Waals surface area contributed by atoms with Gasteiger partial charge in [-0.15, -0.1) is 0 Å². The summed E-state index contributed by atoms with van der Waals surface area (Å²) in [5.74, 6) is -0.519. The average molecular weight is 377 g/mol. The Labute approximate surface area is 166 Å². The Balaban J connectivity index is 1.85. The van der Waals surface area contributed by atoms with Crippen LogP contribution in [0.5, 0.6) is 0 Å². The lowest BCUT2D eigenvalue weighted by molar-refractivity contribution is 0.0695. The normalized spacial score (nSPS) is 12.1. The standard InChI is InChI=1S/C24H28N2O2/c1-16-10-12-21(13-11-16)26-18(3)22(23(19(26)4)24(27)28)15-25-14-17(2)20-8-6-5-7-9-20/h5-13,17,25H,14-15H2,1-4H3,(H,27,28)/t17-/m1/s1.